The Bertz CT molecular complexity index is 624. The van der Waals surface area contributed by atoms with E-state index < -0.39 is 0 Å². The summed E-state index contributed by atoms with van der Waals surface area (Å²) in [6.45, 7) is 3.66. The van der Waals surface area contributed by atoms with Crippen LogP contribution in [0.5, 0.6) is 0 Å². The van der Waals surface area contributed by atoms with Crippen molar-refractivity contribution in [3.8, 4) is 0 Å². The quantitative estimate of drug-likeness (QED) is 0.876. The summed E-state index contributed by atoms with van der Waals surface area (Å²) in [5.41, 5.74) is 0. The maximum Gasteiger partial charge on any atom is 0.315 e. The zero-order valence-electron chi connectivity index (χ0n) is 13.8. The van der Waals surface area contributed by atoms with Gasteiger partial charge in [0.1, 0.15) is 5.76 Å². The summed E-state index contributed by atoms with van der Waals surface area (Å²) >= 11 is 0. The molecule has 24 heavy (non-hydrogen) atoms. The van der Waals surface area contributed by atoms with Crippen molar-refractivity contribution >= 4 is 12.0 Å². The lowest BCUT2D eigenvalue weighted by molar-refractivity contribution is 0.231. The minimum Gasteiger partial charge on any atom is -0.469 e. The highest BCUT2D eigenvalue weighted by Gasteiger charge is 2.22. The van der Waals surface area contributed by atoms with Gasteiger partial charge in [0.05, 0.1) is 6.26 Å². The summed E-state index contributed by atoms with van der Waals surface area (Å²) in [4.78, 5) is 22.8. The van der Waals surface area contributed by atoms with Crippen molar-refractivity contribution in [1.82, 2.24) is 20.6 Å². The van der Waals surface area contributed by atoms with Crippen LogP contribution in [-0.2, 0) is 6.42 Å². The molecule has 1 fully saturated rings. The van der Waals surface area contributed by atoms with Crippen LogP contribution in [0.3, 0.4) is 0 Å². The number of carbonyl (C=O) groups is 1. The van der Waals surface area contributed by atoms with E-state index in [1.165, 1.54) is 0 Å². The summed E-state index contributed by atoms with van der Waals surface area (Å²) in [6.07, 6.45) is 7.61. The standard InChI is InChI=1S/C17H23N5O2/c1-13(12-15-4-2-11-24-15)20-17(23)21-14-5-9-22(10-6-14)16-18-7-3-8-19-16/h2-4,7-8,11,13-14H,5-6,9-10,12H2,1H3,(H2,20,21,23). The Morgan fingerprint density at radius 3 is 2.75 bits per heavy atom. The Kier molecular flexibility index (Phi) is 5.30. The highest BCUT2D eigenvalue weighted by Crippen LogP contribution is 2.15. The summed E-state index contributed by atoms with van der Waals surface area (Å²) in [7, 11) is 0. The lowest BCUT2D eigenvalue weighted by Gasteiger charge is -2.32. The lowest BCUT2D eigenvalue weighted by atomic mass is 10.1. The fraction of sp³-hybridized carbons (Fsp3) is 0.471. The van der Waals surface area contributed by atoms with E-state index in [0.717, 1.165) is 37.6 Å². The largest absolute Gasteiger partial charge is 0.469 e. The van der Waals surface area contributed by atoms with Crippen molar-refractivity contribution in [1.29, 1.82) is 0 Å². The molecule has 1 aliphatic rings. The molecule has 1 atom stereocenters. The third-order valence-corrected chi connectivity index (χ3v) is 4.13. The highest BCUT2D eigenvalue weighted by molar-refractivity contribution is 5.74. The molecule has 7 nitrogen and oxygen atoms in total. The van der Waals surface area contributed by atoms with E-state index in [4.69, 9.17) is 4.42 Å². The molecular weight excluding hydrogens is 306 g/mol. The Morgan fingerprint density at radius 1 is 1.33 bits per heavy atom. The minimum atomic E-state index is -0.122. The molecule has 2 N–H and O–H groups in total. The van der Waals surface area contributed by atoms with Crippen molar-refractivity contribution in [2.75, 3.05) is 18.0 Å². The van der Waals surface area contributed by atoms with Gasteiger partial charge in [-0.05, 0) is 38.0 Å². The Labute approximate surface area is 141 Å². The molecule has 0 radical (unpaired) electrons. The number of furan rings is 1. The molecule has 0 saturated carbocycles. The van der Waals surface area contributed by atoms with Gasteiger partial charge in [-0.15, -0.1) is 0 Å². The molecule has 2 aromatic heterocycles. The number of piperidine rings is 1. The average molecular weight is 329 g/mol. The van der Waals surface area contributed by atoms with Crippen molar-refractivity contribution in [2.45, 2.75) is 38.3 Å². The van der Waals surface area contributed by atoms with Gasteiger partial charge in [0.2, 0.25) is 5.95 Å². The third-order valence-electron chi connectivity index (χ3n) is 4.13. The fourth-order valence-corrected chi connectivity index (χ4v) is 2.91. The van der Waals surface area contributed by atoms with E-state index in [-0.39, 0.29) is 18.1 Å². The van der Waals surface area contributed by atoms with Crippen LogP contribution in [0.15, 0.2) is 41.3 Å². The zero-order chi connectivity index (χ0) is 16.8. The molecule has 2 aromatic rings. The molecule has 128 valence electrons. The van der Waals surface area contributed by atoms with E-state index in [0.29, 0.717) is 6.42 Å². The van der Waals surface area contributed by atoms with Crippen LogP contribution in [-0.4, -0.2) is 41.2 Å². The number of urea groups is 1. The van der Waals surface area contributed by atoms with E-state index in [1.807, 2.05) is 25.1 Å². The van der Waals surface area contributed by atoms with Gasteiger partial charge < -0.3 is 20.0 Å². The number of rotatable bonds is 5. The molecule has 0 aliphatic carbocycles. The summed E-state index contributed by atoms with van der Waals surface area (Å²) in [5, 5.41) is 6.01. The number of nitrogens with zero attached hydrogens (tertiary/aromatic N) is 3. The molecule has 3 rings (SSSR count). The molecule has 1 unspecified atom stereocenters. The Balaban J connectivity index is 1.40. The van der Waals surface area contributed by atoms with Crippen LogP contribution in [0, 0.1) is 0 Å². The van der Waals surface area contributed by atoms with E-state index in [2.05, 4.69) is 25.5 Å². The van der Waals surface area contributed by atoms with Crippen molar-refractivity contribution < 1.29 is 9.21 Å². The van der Waals surface area contributed by atoms with Crippen LogP contribution in [0.2, 0.25) is 0 Å². The van der Waals surface area contributed by atoms with Gasteiger partial charge in [0, 0.05) is 44.0 Å². The number of hydrogen-bond donors (Lipinski definition) is 2. The normalized spacial score (nSPS) is 16.6. The first kappa shape index (κ1) is 16.3. The second-order valence-corrected chi connectivity index (χ2v) is 6.11. The van der Waals surface area contributed by atoms with E-state index in [1.54, 1.807) is 18.7 Å². The Morgan fingerprint density at radius 2 is 2.08 bits per heavy atom. The second kappa shape index (κ2) is 7.81. The first-order valence-electron chi connectivity index (χ1n) is 8.32. The molecule has 0 bridgehead atoms. The third kappa shape index (κ3) is 4.47. The van der Waals surface area contributed by atoms with Crippen molar-refractivity contribution in [2.24, 2.45) is 0 Å². The van der Waals surface area contributed by atoms with Gasteiger partial charge in [-0.25, -0.2) is 14.8 Å². The maximum atomic E-state index is 12.1. The molecule has 1 saturated heterocycles. The number of amides is 2. The zero-order valence-corrected chi connectivity index (χ0v) is 13.8. The monoisotopic (exact) mass is 329 g/mol. The maximum absolute atomic E-state index is 12.1. The number of carbonyl (C=O) groups excluding carboxylic acids is 1. The number of nitrogens with one attached hydrogen (secondary N) is 2. The SMILES string of the molecule is CC(Cc1ccco1)NC(=O)NC1CCN(c2ncccn2)CC1. The average Bonchev–Trinajstić information content (AvgIpc) is 3.09. The van der Waals surface area contributed by atoms with E-state index in [9.17, 15) is 4.79 Å². The van der Waals surface area contributed by atoms with Gasteiger partial charge in [-0.1, -0.05) is 0 Å². The summed E-state index contributed by atoms with van der Waals surface area (Å²) < 4.78 is 5.30. The van der Waals surface area contributed by atoms with Gasteiger partial charge >= 0.3 is 6.03 Å². The van der Waals surface area contributed by atoms with Gasteiger partial charge in [-0.3, -0.25) is 0 Å². The van der Waals surface area contributed by atoms with Crippen LogP contribution in [0.25, 0.3) is 0 Å². The summed E-state index contributed by atoms with van der Waals surface area (Å²) in [6, 6.07) is 5.66. The van der Waals surface area contributed by atoms with Gasteiger partial charge in [0.15, 0.2) is 0 Å². The van der Waals surface area contributed by atoms with E-state index >= 15 is 0 Å². The molecule has 2 amide bonds. The minimum absolute atomic E-state index is 0.0222. The first-order valence-corrected chi connectivity index (χ1v) is 8.32. The Hall–Kier alpha value is -2.57. The van der Waals surface area contributed by atoms with Crippen molar-refractivity contribution in [3.63, 3.8) is 0 Å². The highest BCUT2D eigenvalue weighted by atomic mass is 16.3. The predicted octanol–water partition coefficient (Wildman–Crippen LogP) is 1.97. The lowest BCUT2D eigenvalue weighted by Crippen LogP contribution is -2.50. The topological polar surface area (TPSA) is 83.3 Å². The molecule has 0 spiro atoms. The summed E-state index contributed by atoms with van der Waals surface area (Å²) in [5.74, 6) is 1.63. The van der Waals surface area contributed by atoms with Crippen molar-refractivity contribution in [3.05, 3.63) is 42.6 Å². The second-order valence-electron chi connectivity index (χ2n) is 6.11. The number of anilines is 1. The van der Waals surface area contributed by atoms with Crippen LogP contribution >= 0.6 is 0 Å². The van der Waals surface area contributed by atoms with Crippen LogP contribution < -0.4 is 15.5 Å². The molecule has 3 heterocycles. The molecule has 1 aliphatic heterocycles. The molecular formula is C17H23N5O2. The predicted molar refractivity (Wildman–Crippen MR) is 90.8 cm³/mol. The van der Waals surface area contributed by atoms with Crippen LogP contribution in [0.4, 0.5) is 10.7 Å². The smallest absolute Gasteiger partial charge is 0.315 e. The van der Waals surface area contributed by atoms with Gasteiger partial charge in [-0.2, -0.15) is 0 Å². The first-order chi connectivity index (χ1) is 11.7. The van der Waals surface area contributed by atoms with Crippen LogP contribution in [0.1, 0.15) is 25.5 Å². The number of hydrogen-bond acceptors (Lipinski definition) is 5. The molecule has 7 heteroatoms. The number of aromatic nitrogens is 2. The van der Waals surface area contributed by atoms with Gasteiger partial charge in [0.25, 0.3) is 0 Å². The molecule has 0 aromatic carbocycles. The fourth-order valence-electron chi connectivity index (χ4n) is 2.91.